The maximum Gasteiger partial charge on any atom is 0.323 e. The summed E-state index contributed by atoms with van der Waals surface area (Å²) in [6.45, 7) is 3.94. The summed E-state index contributed by atoms with van der Waals surface area (Å²) in [5, 5.41) is 13.3. The lowest BCUT2D eigenvalue weighted by Gasteiger charge is -2.12. The van der Waals surface area contributed by atoms with Gasteiger partial charge in [0.25, 0.3) is 0 Å². The van der Waals surface area contributed by atoms with Crippen LogP contribution >= 0.6 is 11.6 Å². The van der Waals surface area contributed by atoms with Crippen LogP contribution in [0.5, 0.6) is 0 Å². The fraction of sp³-hybridized carbons (Fsp3) is 0.182. The first-order chi connectivity index (χ1) is 19.8. The molecule has 0 heterocycles. The predicted molar refractivity (Wildman–Crippen MR) is 170 cm³/mol. The van der Waals surface area contributed by atoms with Crippen LogP contribution in [0.3, 0.4) is 0 Å². The minimum Gasteiger partial charge on any atom is -0.388 e. The quantitative estimate of drug-likeness (QED) is 0.117. The molecule has 4 aromatic carbocycles. The van der Waals surface area contributed by atoms with Crippen molar-refractivity contribution in [1.82, 2.24) is 5.43 Å². The highest BCUT2D eigenvalue weighted by molar-refractivity contribution is 6.31. The molecule has 8 heteroatoms. The lowest BCUT2D eigenvalue weighted by Crippen LogP contribution is -2.21. The number of nitrogens with zero attached hydrogens (tertiary/aromatic N) is 1. The number of aryl methyl sites for hydroxylation is 3. The minimum absolute atomic E-state index is 0.0284. The van der Waals surface area contributed by atoms with Gasteiger partial charge in [-0.05, 0) is 90.9 Å². The summed E-state index contributed by atoms with van der Waals surface area (Å²) in [6.07, 6.45) is 3.21. The number of halogens is 1. The third-order valence-corrected chi connectivity index (χ3v) is 6.93. The average molecular weight is 568 g/mol. The maximum absolute atomic E-state index is 12.5. The summed E-state index contributed by atoms with van der Waals surface area (Å²) >= 11 is 6.31. The van der Waals surface area contributed by atoms with Gasteiger partial charge in [0.2, 0.25) is 5.91 Å². The number of hydrogen-bond acceptors (Lipinski definition) is 4. The molecule has 0 aliphatic carbocycles. The lowest BCUT2D eigenvalue weighted by molar-refractivity contribution is -0.120. The Morgan fingerprint density at radius 3 is 2.41 bits per heavy atom. The molecule has 4 N–H and O–H groups in total. The monoisotopic (exact) mass is 567 g/mol. The molecule has 0 spiro atoms. The number of benzene rings is 4. The van der Waals surface area contributed by atoms with E-state index in [0.29, 0.717) is 22.7 Å². The van der Waals surface area contributed by atoms with E-state index in [-0.39, 0.29) is 18.4 Å². The van der Waals surface area contributed by atoms with E-state index in [1.54, 1.807) is 24.4 Å². The Balaban J connectivity index is 1.23. The van der Waals surface area contributed by atoms with Gasteiger partial charge in [-0.3, -0.25) is 4.79 Å². The fourth-order valence-corrected chi connectivity index (χ4v) is 4.55. The smallest absolute Gasteiger partial charge is 0.323 e. The molecule has 4 rings (SSSR count). The van der Waals surface area contributed by atoms with Gasteiger partial charge in [-0.15, -0.1) is 0 Å². The van der Waals surface area contributed by atoms with Crippen molar-refractivity contribution in [3.63, 3.8) is 0 Å². The zero-order chi connectivity index (χ0) is 29.2. The number of hydrazone groups is 1. The van der Waals surface area contributed by atoms with Gasteiger partial charge in [0.15, 0.2) is 0 Å². The van der Waals surface area contributed by atoms with E-state index < -0.39 is 0 Å². The molecule has 0 saturated carbocycles. The highest BCUT2D eigenvalue weighted by Crippen LogP contribution is 2.24. The van der Waals surface area contributed by atoms with Crippen LogP contribution in [0.15, 0.2) is 90.0 Å². The van der Waals surface area contributed by atoms with Gasteiger partial charge in [0, 0.05) is 35.3 Å². The highest BCUT2D eigenvalue weighted by Gasteiger charge is 2.10. The number of carbonyl (C=O) groups excluding carboxylic acids is 2. The summed E-state index contributed by atoms with van der Waals surface area (Å²) in [6, 6.07) is 27.2. The van der Waals surface area contributed by atoms with Gasteiger partial charge in [0.1, 0.15) is 0 Å². The van der Waals surface area contributed by atoms with Gasteiger partial charge in [-0.25, -0.2) is 10.2 Å². The standard InChI is InChI=1S/C33H34ClN5O2/c1-22-9-16-31(23(2)18-22)38-33(41)37-29-14-15-30(34)27(20-29)21-32(40)39-36-17-5-6-24-10-12-25(13-11-24)26-7-4-8-28(19-26)35-3/h4,7-20,35H,5-6,21H2,1-3H3,(H,39,40)(H2,37,38,41). The van der Waals surface area contributed by atoms with Crippen LogP contribution in [-0.4, -0.2) is 25.2 Å². The lowest BCUT2D eigenvalue weighted by atomic mass is 10.0. The van der Waals surface area contributed by atoms with Crippen molar-refractivity contribution in [1.29, 1.82) is 0 Å². The summed E-state index contributed by atoms with van der Waals surface area (Å²) in [5.41, 5.74) is 11.1. The summed E-state index contributed by atoms with van der Waals surface area (Å²) in [5.74, 6) is -0.298. The van der Waals surface area contributed by atoms with E-state index in [0.717, 1.165) is 40.0 Å². The molecule has 0 atom stereocenters. The van der Waals surface area contributed by atoms with E-state index in [4.69, 9.17) is 11.6 Å². The zero-order valence-electron chi connectivity index (χ0n) is 23.4. The Hall–Kier alpha value is -4.62. The Morgan fingerprint density at radius 2 is 1.66 bits per heavy atom. The molecular formula is C33H34ClN5O2. The molecule has 4 aromatic rings. The Kier molecular flexibility index (Phi) is 10.1. The second kappa shape index (κ2) is 14.1. The molecule has 0 radical (unpaired) electrons. The second-order valence-electron chi connectivity index (χ2n) is 9.79. The van der Waals surface area contributed by atoms with Crippen LogP contribution < -0.4 is 21.4 Å². The number of hydrogen-bond donors (Lipinski definition) is 4. The first kappa shape index (κ1) is 29.4. The van der Waals surface area contributed by atoms with E-state index in [2.05, 4.69) is 62.9 Å². The zero-order valence-corrected chi connectivity index (χ0v) is 24.2. The molecule has 0 aromatic heterocycles. The van der Waals surface area contributed by atoms with Gasteiger partial charge in [0.05, 0.1) is 6.42 Å². The number of urea groups is 1. The molecule has 41 heavy (non-hydrogen) atoms. The second-order valence-corrected chi connectivity index (χ2v) is 10.2. The van der Waals surface area contributed by atoms with E-state index in [9.17, 15) is 9.59 Å². The van der Waals surface area contributed by atoms with Crippen molar-refractivity contribution in [3.05, 3.63) is 112 Å². The number of carbonyl (C=O) groups is 2. The minimum atomic E-state index is -0.378. The normalized spacial score (nSPS) is 10.8. The van der Waals surface area contributed by atoms with Crippen LogP contribution in [0.25, 0.3) is 11.1 Å². The molecule has 0 aliphatic rings. The van der Waals surface area contributed by atoms with Crippen LogP contribution in [0.1, 0.15) is 28.7 Å². The van der Waals surface area contributed by atoms with Crippen molar-refractivity contribution in [3.8, 4) is 11.1 Å². The molecular weight excluding hydrogens is 534 g/mol. The summed E-state index contributed by atoms with van der Waals surface area (Å²) < 4.78 is 0. The molecule has 0 aliphatic heterocycles. The fourth-order valence-electron chi connectivity index (χ4n) is 4.37. The molecule has 0 fully saturated rings. The first-order valence-electron chi connectivity index (χ1n) is 13.4. The maximum atomic E-state index is 12.5. The Bertz CT molecular complexity index is 1550. The number of nitrogens with one attached hydrogen (secondary N) is 4. The van der Waals surface area contributed by atoms with E-state index in [1.165, 1.54) is 5.56 Å². The Labute approximate surface area is 246 Å². The van der Waals surface area contributed by atoms with Gasteiger partial charge >= 0.3 is 6.03 Å². The van der Waals surface area contributed by atoms with Crippen LogP contribution in [0, 0.1) is 13.8 Å². The average Bonchev–Trinajstić information content (AvgIpc) is 2.96. The SMILES string of the molecule is CNc1cccc(-c2ccc(CCC=NNC(=O)Cc3cc(NC(=O)Nc4ccc(C)cc4C)ccc3Cl)cc2)c1. The molecule has 210 valence electrons. The van der Waals surface area contributed by atoms with E-state index in [1.807, 2.05) is 51.2 Å². The van der Waals surface area contributed by atoms with Crippen molar-refractivity contribution in [2.24, 2.45) is 5.10 Å². The summed E-state index contributed by atoms with van der Waals surface area (Å²) in [7, 11) is 1.91. The number of amides is 3. The predicted octanol–water partition coefficient (Wildman–Crippen LogP) is 7.59. The van der Waals surface area contributed by atoms with Gasteiger partial charge in [-0.1, -0.05) is 65.7 Å². The number of rotatable bonds is 10. The highest BCUT2D eigenvalue weighted by atomic mass is 35.5. The third kappa shape index (κ3) is 8.68. The van der Waals surface area contributed by atoms with E-state index >= 15 is 0 Å². The van der Waals surface area contributed by atoms with Gasteiger partial charge in [-0.2, -0.15) is 5.10 Å². The van der Waals surface area contributed by atoms with Crippen molar-refractivity contribution >= 4 is 46.8 Å². The van der Waals surface area contributed by atoms with Crippen molar-refractivity contribution in [2.75, 3.05) is 23.0 Å². The van der Waals surface area contributed by atoms with Crippen molar-refractivity contribution in [2.45, 2.75) is 33.1 Å². The largest absolute Gasteiger partial charge is 0.388 e. The first-order valence-corrected chi connectivity index (χ1v) is 13.8. The third-order valence-electron chi connectivity index (χ3n) is 6.57. The molecule has 3 amide bonds. The van der Waals surface area contributed by atoms with Gasteiger partial charge < -0.3 is 16.0 Å². The number of anilines is 3. The van der Waals surface area contributed by atoms with Crippen LogP contribution in [0.4, 0.5) is 21.9 Å². The molecule has 7 nitrogen and oxygen atoms in total. The summed E-state index contributed by atoms with van der Waals surface area (Å²) in [4.78, 5) is 25.0. The molecule has 0 bridgehead atoms. The topological polar surface area (TPSA) is 94.6 Å². The van der Waals surface area contributed by atoms with Crippen LogP contribution in [0.2, 0.25) is 5.02 Å². The Morgan fingerprint density at radius 1 is 0.854 bits per heavy atom. The molecule has 0 saturated heterocycles. The van der Waals surface area contributed by atoms with Crippen LogP contribution in [-0.2, 0) is 17.6 Å². The molecule has 0 unspecified atom stereocenters. The van der Waals surface area contributed by atoms with Crippen molar-refractivity contribution < 1.29 is 9.59 Å².